The Bertz CT molecular complexity index is 1680. The van der Waals surface area contributed by atoms with Crippen LogP contribution in [0.3, 0.4) is 0 Å². The van der Waals surface area contributed by atoms with E-state index in [1.165, 1.54) is 6.08 Å². The lowest BCUT2D eigenvalue weighted by atomic mass is 10.0. The van der Waals surface area contributed by atoms with E-state index in [9.17, 15) is 14.4 Å². The van der Waals surface area contributed by atoms with Crippen molar-refractivity contribution in [2.45, 2.75) is 34.3 Å². The zero-order valence-corrected chi connectivity index (χ0v) is 24.9. The molecule has 4 aromatic rings. The third kappa shape index (κ3) is 6.83. The van der Waals surface area contributed by atoms with Crippen LogP contribution in [0.1, 0.15) is 43.9 Å². The van der Waals surface area contributed by atoms with Crippen LogP contribution in [0.4, 0.5) is 5.69 Å². The van der Waals surface area contributed by atoms with Gasteiger partial charge in [0.1, 0.15) is 17.9 Å². The Morgan fingerprint density at radius 2 is 1.69 bits per heavy atom. The third-order valence-electron chi connectivity index (χ3n) is 7.29. The van der Waals surface area contributed by atoms with Crippen LogP contribution in [-0.2, 0) is 16.2 Å². The van der Waals surface area contributed by atoms with Gasteiger partial charge < -0.3 is 20.3 Å². The Balaban J connectivity index is 1.40. The molecular formula is C34H36N4O4. The molecule has 0 atom stereocenters. The van der Waals surface area contributed by atoms with E-state index < -0.39 is 5.91 Å². The maximum Gasteiger partial charge on any atom is 0.251 e. The first-order chi connectivity index (χ1) is 20.1. The second-order valence-electron chi connectivity index (χ2n) is 10.2. The van der Waals surface area contributed by atoms with Gasteiger partial charge in [-0.1, -0.05) is 30.3 Å². The molecule has 0 unspecified atom stereocenters. The molecule has 216 valence electrons. The molecule has 2 N–H and O–H groups in total. The van der Waals surface area contributed by atoms with E-state index in [2.05, 4.69) is 23.6 Å². The Morgan fingerprint density at radius 3 is 2.40 bits per heavy atom. The number of para-hydroxylation sites is 1. The van der Waals surface area contributed by atoms with Crippen molar-refractivity contribution in [2.75, 3.05) is 25.5 Å². The number of hydrogen-bond donors (Lipinski definition) is 2. The minimum atomic E-state index is -0.393. The van der Waals surface area contributed by atoms with Crippen molar-refractivity contribution in [3.63, 3.8) is 0 Å². The summed E-state index contributed by atoms with van der Waals surface area (Å²) in [6.07, 6.45) is 2.99. The standard InChI is InChI=1S/C34H36N4O4/c1-21-10-16-29(24(4)28(21)20-42-30-9-7-8-27-22(2)18-23(3)37-33(27)30)38(6)32(40)19-36-31(39)17-13-25-11-14-26(15-12-25)34(41)35-5/h7-18H,19-20H2,1-6H3,(H,35,41)(H,36,39)/b17-13+. The highest BCUT2D eigenvalue weighted by molar-refractivity contribution is 5.99. The van der Waals surface area contributed by atoms with Gasteiger partial charge in [0, 0.05) is 42.5 Å². The largest absolute Gasteiger partial charge is 0.487 e. The van der Waals surface area contributed by atoms with Crippen molar-refractivity contribution in [1.82, 2.24) is 15.6 Å². The Kier molecular flexibility index (Phi) is 9.37. The van der Waals surface area contributed by atoms with E-state index in [0.717, 1.165) is 50.1 Å². The monoisotopic (exact) mass is 564 g/mol. The van der Waals surface area contributed by atoms with Crippen LogP contribution in [-0.4, -0.2) is 43.3 Å². The van der Waals surface area contributed by atoms with Gasteiger partial charge in [0.25, 0.3) is 5.91 Å². The highest BCUT2D eigenvalue weighted by Gasteiger charge is 2.17. The first kappa shape index (κ1) is 30.0. The zero-order valence-electron chi connectivity index (χ0n) is 24.9. The normalized spacial score (nSPS) is 11.0. The molecule has 0 radical (unpaired) electrons. The summed E-state index contributed by atoms with van der Waals surface area (Å²) in [6, 6.07) is 18.7. The minimum absolute atomic E-state index is 0.158. The Hall–Kier alpha value is -4.98. The van der Waals surface area contributed by atoms with Gasteiger partial charge in [-0.05, 0) is 91.9 Å². The molecule has 0 bridgehead atoms. The predicted octanol–water partition coefficient (Wildman–Crippen LogP) is 5.20. The molecule has 0 saturated heterocycles. The van der Waals surface area contributed by atoms with Crippen LogP contribution in [0.15, 0.2) is 66.7 Å². The van der Waals surface area contributed by atoms with Gasteiger partial charge >= 0.3 is 0 Å². The van der Waals surface area contributed by atoms with Crippen LogP contribution < -0.4 is 20.3 Å². The number of fused-ring (bicyclic) bond motifs is 1. The molecular weight excluding hydrogens is 528 g/mol. The van der Waals surface area contributed by atoms with E-state index in [4.69, 9.17) is 9.72 Å². The fourth-order valence-electron chi connectivity index (χ4n) is 4.82. The first-order valence-electron chi connectivity index (χ1n) is 13.7. The van der Waals surface area contributed by atoms with Crippen molar-refractivity contribution < 1.29 is 19.1 Å². The number of anilines is 1. The number of pyridine rings is 1. The number of aromatic nitrogens is 1. The number of aryl methyl sites for hydroxylation is 3. The van der Waals surface area contributed by atoms with Gasteiger partial charge in [0.2, 0.25) is 11.8 Å². The van der Waals surface area contributed by atoms with Crippen molar-refractivity contribution >= 4 is 40.4 Å². The second kappa shape index (κ2) is 13.1. The Labute approximate surface area is 246 Å². The number of ether oxygens (including phenoxy) is 1. The number of rotatable bonds is 9. The number of nitrogens with one attached hydrogen (secondary N) is 2. The van der Waals surface area contributed by atoms with Gasteiger partial charge in [-0.2, -0.15) is 0 Å². The van der Waals surface area contributed by atoms with E-state index in [1.54, 1.807) is 49.3 Å². The smallest absolute Gasteiger partial charge is 0.251 e. The molecule has 8 nitrogen and oxygen atoms in total. The molecule has 1 heterocycles. The fourth-order valence-corrected chi connectivity index (χ4v) is 4.82. The number of likely N-dealkylation sites (N-methyl/N-ethyl adjacent to an activating group) is 1. The molecule has 0 aliphatic carbocycles. The summed E-state index contributed by atoms with van der Waals surface area (Å²) in [5.41, 5.74) is 7.93. The average Bonchev–Trinajstić information content (AvgIpc) is 2.98. The van der Waals surface area contributed by atoms with Crippen molar-refractivity contribution in [3.05, 3.63) is 106 Å². The quantitative estimate of drug-likeness (QED) is 0.272. The lowest BCUT2D eigenvalue weighted by Gasteiger charge is -2.23. The number of nitrogens with zero attached hydrogens (tertiary/aromatic N) is 2. The lowest BCUT2D eigenvalue weighted by molar-refractivity contribution is -0.122. The van der Waals surface area contributed by atoms with Crippen LogP contribution in [0.25, 0.3) is 17.0 Å². The molecule has 3 aromatic carbocycles. The molecule has 4 rings (SSSR count). The number of carbonyl (C=O) groups is 3. The topological polar surface area (TPSA) is 101 Å². The number of hydrogen-bond acceptors (Lipinski definition) is 5. The maximum atomic E-state index is 13.0. The lowest BCUT2D eigenvalue weighted by Crippen LogP contribution is -2.38. The molecule has 3 amide bonds. The van der Waals surface area contributed by atoms with Gasteiger partial charge in [-0.15, -0.1) is 0 Å². The molecule has 1 aromatic heterocycles. The molecule has 0 aliphatic heterocycles. The summed E-state index contributed by atoms with van der Waals surface area (Å²) in [6.45, 7) is 8.20. The summed E-state index contributed by atoms with van der Waals surface area (Å²) in [5.74, 6) is -0.113. The van der Waals surface area contributed by atoms with Crippen LogP contribution >= 0.6 is 0 Å². The SMILES string of the molecule is CNC(=O)c1ccc(/C=C/C(=O)NCC(=O)N(C)c2ccc(C)c(COc3cccc4c(C)cc(C)nc34)c2C)cc1. The van der Waals surface area contributed by atoms with Crippen LogP contribution in [0.5, 0.6) is 5.75 Å². The van der Waals surface area contributed by atoms with Crippen LogP contribution in [0, 0.1) is 27.7 Å². The van der Waals surface area contributed by atoms with Crippen molar-refractivity contribution in [3.8, 4) is 5.75 Å². The van der Waals surface area contributed by atoms with Crippen molar-refractivity contribution in [1.29, 1.82) is 0 Å². The maximum absolute atomic E-state index is 13.0. The summed E-state index contributed by atoms with van der Waals surface area (Å²) in [4.78, 5) is 43.3. The molecule has 42 heavy (non-hydrogen) atoms. The first-order valence-corrected chi connectivity index (χ1v) is 13.7. The summed E-state index contributed by atoms with van der Waals surface area (Å²) in [5, 5.41) is 6.27. The van der Waals surface area contributed by atoms with E-state index in [-0.39, 0.29) is 18.4 Å². The fraction of sp³-hybridized carbons (Fsp3) is 0.235. The molecule has 0 fully saturated rings. The highest BCUT2D eigenvalue weighted by atomic mass is 16.5. The van der Waals surface area contributed by atoms with Gasteiger partial charge in [0.15, 0.2) is 0 Å². The van der Waals surface area contributed by atoms with Gasteiger partial charge in [0.05, 0.1) is 6.54 Å². The minimum Gasteiger partial charge on any atom is -0.487 e. The molecule has 8 heteroatoms. The molecule has 0 spiro atoms. The Morgan fingerprint density at radius 1 is 0.952 bits per heavy atom. The van der Waals surface area contributed by atoms with Crippen LogP contribution in [0.2, 0.25) is 0 Å². The van der Waals surface area contributed by atoms with E-state index >= 15 is 0 Å². The van der Waals surface area contributed by atoms with E-state index in [1.807, 2.05) is 51.1 Å². The summed E-state index contributed by atoms with van der Waals surface area (Å²) < 4.78 is 6.29. The third-order valence-corrected chi connectivity index (χ3v) is 7.29. The van der Waals surface area contributed by atoms with Crippen molar-refractivity contribution in [2.24, 2.45) is 0 Å². The average molecular weight is 565 g/mol. The zero-order chi connectivity index (χ0) is 30.4. The number of benzene rings is 3. The second-order valence-corrected chi connectivity index (χ2v) is 10.2. The molecule has 0 aliphatic rings. The van der Waals surface area contributed by atoms with E-state index in [0.29, 0.717) is 17.9 Å². The summed E-state index contributed by atoms with van der Waals surface area (Å²) >= 11 is 0. The van der Waals surface area contributed by atoms with Gasteiger partial charge in [-0.3, -0.25) is 14.4 Å². The number of carbonyl (C=O) groups excluding carboxylic acids is 3. The number of amides is 3. The van der Waals surface area contributed by atoms with Gasteiger partial charge in [-0.25, -0.2) is 4.98 Å². The molecule has 0 saturated carbocycles. The highest BCUT2D eigenvalue weighted by Crippen LogP contribution is 2.30. The summed E-state index contributed by atoms with van der Waals surface area (Å²) in [7, 11) is 3.26. The predicted molar refractivity (Wildman–Crippen MR) is 167 cm³/mol.